The maximum Gasteiger partial charge on any atom is 0.277 e. The van der Waals surface area contributed by atoms with Crippen LogP contribution >= 0.6 is 27.7 Å². The zero-order valence-corrected chi connectivity index (χ0v) is 15.2. The van der Waals surface area contributed by atoms with Crippen LogP contribution in [0.25, 0.3) is 11.5 Å². The molecule has 0 fully saturated rings. The lowest BCUT2D eigenvalue weighted by molar-refractivity contribution is -0.113. The van der Waals surface area contributed by atoms with E-state index in [-0.39, 0.29) is 11.7 Å². The Kier molecular flexibility index (Phi) is 5.32. The molecule has 0 radical (unpaired) electrons. The number of halogens is 1. The molecule has 1 heterocycles. The van der Waals surface area contributed by atoms with Crippen LogP contribution in [0.15, 0.2) is 62.6 Å². The SMILES string of the molecule is Cc1ccccc1NC(=O)CSc1nnc(-c2cccc(Br)c2)o1. The molecule has 0 bridgehead atoms. The minimum absolute atomic E-state index is 0.114. The molecule has 3 rings (SSSR count). The third-order valence-electron chi connectivity index (χ3n) is 3.22. The van der Waals surface area contributed by atoms with Crippen LogP contribution in [0.1, 0.15) is 5.56 Å². The number of thioether (sulfide) groups is 1. The summed E-state index contributed by atoms with van der Waals surface area (Å²) in [5, 5.41) is 11.2. The van der Waals surface area contributed by atoms with Crippen molar-refractivity contribution < 1.29 is 9.21 Å². The van der Waals surface area contributed by atoms with Crippen LogP contribution in [0.3, 0.4) is 0 Å². The summed E-state index contributed by atoms with van der Waals surface area (Å²) in [4.78, 5) is 12.0. The first kappa shape index (κ1) is 16.7. The molecule has 3 aromatic rings. The average molecular weight is 404 g/mol. The first-order chi connectivity index (χ1) is 11.6. The molecule has 1 amide bonds. The van der Waals surface area contributed by atoms with Gasteiger partial charge >= 0.3 is 0 Å². The first-order valence-corrected chi connectivity index (χ1v) is 8.97. The number of benzene rings is 2. The fourth-order valence-corrected chi connectivity index (χ4v) is 3.00. The Hall–Kier alpha value is -2.12. The zero-order valence-electron chi connectivity index (χ0n) is 12.8. The van der Waals surface area contributed by atoms with E-state index in [1.54, 1.807) is 0 Å². The van der Waals surface area contributed by atoms with E-state index in [1.165, 1.54) is 11.8 Å². The molecule has 0 aliphatic rings. The summed E-state index contributed by atoms with van der Waals surface area (Å²) in [5.74, 6) is 0.517. The van der Waals surface area contributed by atoms with Crippen molar-refractivity contribution in [3.63, 3.8) is 0 Å². The normalized spacial score (nSPS) is 10.6. The molecule has 1 aromatic heterocycles. The highest BCUT2D eigenvalue weighted by atomic mass is 79.9. The highest BCUT2D eigenvalue weighted by molar-refractivity contribution is 9.10. The lowest BCUT2D eigenvalue weighted by Gasteiger charge is -2.06. The van der Waals surface area contributed by atoms with Gasteiger partial charge in [0.1, 0.15) is 0 Å². The Morgan fingerprint density at radius 1 is 1.21 bits per heavy atom. The monoisotopic (exact) mass is 403 g/mol. The number of nitrogens with zero attached hydrogens (tertiary/aromatic N) is 2. The number of carbonyl (C=O) groups is 1. The molecular formula is C17H14BrN3O2S. The van der Waals surface area contributed by atoms with Crippen molar-refractivity contribution in [1.29, 1.82) is 0 Å². The Labute approximate surface area is 152 Å². The number of aromatic nitrogens is 2. The molecule has 1 N–H and O–H groups in total. The van der Waals surface area contributed by atoms with E-state index in [4.69, 9.17) is 4.42 Å². The second kappa shape index (κ2) is 7.63. The van der Waals surface area contributed by atoms with Gasteiger partial charge in [-0.05, 0) is 36.8 Å². The summed E-state index contributed by atoms with van der Waals surface area (Å²) in [5.41, 5.74) is 2.65. The summed E-state index contributed by atoms with van der Waals surface area (Å²) in [6, 6.07) is 15.2. The Morgan fingerprint density at radius 2 is 2.04 bits per heavy atom. The van der Waals surface area contributed by atoms with Crippen LogP contribution in [-0.2, 0) is 4.79 Å². The van der Waals surface area contributed by atoms with Crippen LogP contribution in [0.2, 0.25) is 0 Å². The second-order valence-electron chi connectivity index (χ2n) is 5.04. The second-order valence-corrected chi connectivity index (χ2v) is 6.88. The molecule has 0 unspecified atom stereocenters. The lowest BCUT2D eigenvalue weighted by Crippen LogP contribution is -2.14. The smallest absolute Gasteiger partial charge is 0.277 e. The number of amides is 1. The van der Waals surface area contributed by atoms with E-state index >= 15 is 0 Å². The first-order valence-electron chi connectivity index (χ1n) is 7.19. The third-order valence-corrected chi connectivity index (χ3v) is 4.54. The van der Waals surface area contributed by atoms with Gasteiger partial charge in [-0.1, -0.05) is 52.0 Å². The van der Waals surface area contributed by atoms with Gasteiger partial charge in [-0.15, -0.1) is 10.2 Å². The van der Waals surface area contributed by atoms with E-state index in [1.807, 2.05) is 55.5 Å². The van der Waals surface area contributed by atoms with Crippen LogP contribution in [0.5, 0.6) is 0 Å². The zero-order chi connectivity index (χ0) is 16.9. The van der Waals surface area contributed by atoms with E-state index < -0.39 is 0 Å². The fourth-order valence-electron chi connectivity index (χ4n) is 2.03. The molecule has 0 saturated heterocycles. The molecule has 0 spiro atoms. The van der Waals surface area contributed by atoms with Gasteiger partial charge in [0.25, 0.3) is 5.22 Å². The van der Waals surface area contributed by atoms with Crippen molar-refractivity contribution in [2.75, 3.05) is 11.1 Å². The van der Waals surface area contributed by atoms with Crippen molar-refractivity contribution in [3.8, 4) is 11.5 Å². The van der Waals surface area contributed by atoms with Gasteiger partial charge in [-0.3, -0.25) is 4.79 Å². The Morgan fingerprint density at radius 3 is 2.83 bits per heavy atom. The summed E-state index contributed by atoms with van der Waals surface area (Å²) in [6.45, 7) is 1.95. The van der Waals surface area contributed by atoms with Crippen LogP contribution in [0.4, 0.5) is 5.69 Å². The molecule has 5 nitrogen and oxygen atoms in total. The van der Waals surface area contributed by atoms with Crippen LogP contribution in [0, 0.1) is 6.92 Å². The standard InChI is InChI=1S/C17H14BrN3O2S/c1-11-5-2-3-8-14(11)19-15(22)10-24-17-21-20-16(23-17)12-6-4-7-13(18)9-12/h2-9H,10H2,1H3,(H,19,22). The van der Waals surface area contributed by atoms with E-state index in [0.29, 0.717) is 11.1 Å². The van der Waals surface area contributed by atoms with Crippen LogP contribution in [-0.4, -0.2) is 21.9 Å². The summed E-state index contributed by atoms with van der Waals surface area (Å²) in [6.07, 6.45) is 0. The van der Waals surface area contributed by atoms with E-state index in [2.05, 4.69) is 31.4 Å². The third kappa shape index (κ3) is 4.24. The van der Waals surface area contributed by atoms with Gasteiger partial charge < -0.3 is 9.73 Å². The summed E-state index contributed by atoms with van der Waals surface area (Å²) >= 11 is 4.61. The quantitative estimate of drug-likeness (QED) is 0.633. The molecule has 0 saturated carbocycles. The molecule has 122 valence electrons. The number of para-hydroxylation sites is 1. The van der Waals surface area contributed by atoms with Gasteiger partial charge in [-0.25, -0.2) is 0 Å². The molecule has 0 aliphatic heterocycles. The van der Waals surface area contributed by atoms with E-state index in [0.717, 1.165) is 21.3 Å². The van der Waals surface area contributed by atoms with Crippen molar-refractivity contribution in [3.05, 3.63) is 58.6 Å². The van der Waals surface area contributed by atoms with Gasteiger partial charge in [0.15, 0.2) is 0 Å². The maximum absolute atomic E-state index is 12.0. The maximum atomic E-state index is 12.0. The fraction of sp³-hybridized carbons (Fsp3) is 0.118. The number of hydrogen-bond acceptors (Lipinski definition) is 5. The Bertz CT molecular complexity index is 866. The van der Waals surface area contributed by atoms with Gasteiger partial charge in [-0.2, -0.15) is 0 Å². The van der Waals surface area contributed by atoms with Gasteiger partial charge in [0, 0.05) is 15.7 Å². The molecule has 7 heteroatoms. The number of carbonyl (C=O) groups excluding carboxylic acids is 1. The van der Waals surface area contributed by atoms with Gasteiger partial charge in [0.05, 0.1) is 5.75 Å². The van der Waals surface area contributed by atoms with Gasteiger partial charge in [0.2, 0.25) is 11.8 Å². The topological polar surface area (TPSA) is 68.0 Å². The lowest BCUT2D eigenvalue weighted by atomic mass is 10.2. The predicted molar refractivity (Wildman–Crippen MR) is 98.0 cm³/mol. The number of hydrogen-bond donors (Lipinski definition) is 1. The minimum Gasteiger partial charge on any atom is -0.411 e. The van der Waals surface area contributed by atoms with Crippen LogP contribution < -0.4 is 5.32 Å². The Balaban J connectivity index is 1.59. The highest BCUT2D eigenvalue weighted by Crippen LogP contribution is 2.25. The van der Waals surface area contributed by atoms with Crippen molar-refractivity contribution in [1.82, 2.24) is 10.2 Å². The number of rotatable bonds is 5. The van der Waals surface area contributed by atoms with Crippen molar-refractivity contribution in [2.45, 2.75) is 12.1 Å². The number of aryl methyl sites for hydroxylation is 1. The van der Waals surface area contributed by atoms with E-state index in [9.17, 15) is 4.79 Å². The highest BCUT2D eigenvalue weighted by Gasteiger charge is 2.12. The largest absolute Gasteiger partial charge is 0.411 e. The van der Waals surface area contributed by atoms with Crippen molar-refractivity contribution >= 4 is 39.3 Å². The number of anilines is 1. The number of nitrogens with one attached hydrogen (secondary N) is 1. The predicted octanol–water partition coefficient (Wildman–Crippen LogP) is 4.54. The summed E-state index contributed by atoms with van der Waals surface area (Å²) < 4.78 is 6.52. The summed E-state index contributed by atoms with van der Waals surface area (Å²) in [7, 11) is 0. The minimum atomic E-state index is -0.114. The molecule has 0 aliphatic carbocycles. The molecule has 24 heavy (non-hydrogen) atoms. The average Bonchev–Trinajstić information content (AvgIpc) is 3.04. The molecule has 2 aromatic carbocycles. The van der Waals surface area contributed by atoms with Crippen molar-refractivity contribution in [2.24, 2.45) is 0 Å². The molecule has 0 atom stereocenters. The molecular weight excluding hydrogens is 390 g/mol.